The van der Waals surface area contributed by atoms with E-state index in [4.69, 9.17) is 9.47 Å². The number of carbonyl (C=O) groups excluding carboxylic acids is 1. The first kappa shape index (κ1) is 22.0. The number of rotatable bonds is 8. The van der Waals surface area contributed by atoms with Crippen LogP contribution in [0.3, 0.4) is 0 Å². The number of nitrogens with zero attached hydrogens (tertiary/aromatic N) is 3. The van der Waals surface area contributed by atoms with E-state index in [2.05, 4.69) is 20.6 Å². The van der Waals surface area contributed by atoms with Gasteiger partial charge in [-0.15, -0.1) is 0 Å². The molecule has 0 aliphatic heterocycles. The Morgan fingerprint density at radius 3 is 2.42 bits per heavy atom. The number of nitrogens with one attached hydrogen (secondary N) is 2. The van der Waals surface area contributed by atoms with Crippen molar-refractivity contribution in [1.82, 2.24) is 9.97 Å². The number of carbonyl (C=O) groups is 1. The van der Waals surface area contributed by atoms with Gasteiger partial charge in [-0.25, -0.2) is 14.7 Å². The van der Waals surface area contributed by atoms with E-state index in [0.717, 1.165) is 5.56 Å². The van der Waals surface area contributed by atoms with E-state index < -0.39 is 0 Å². The molecule has 0 bridgehead atoms. The average Bonchev–Trinajstić information content (AvgIpc) is 2.76. The van der Waals surface area contributed by atoms with Crippen molar-refractivity contribution in [3.8, 4) is 5.75 Å². The molecule has 3 rings (SSSR count). The zero-order chi connectivity index (χ0) is 22.2. The van der Waals surface area contributed by atoms with Crippen LogP contribution in [-0.2, 0) is 4.74 Å². The molecule has 0 aliphatic carbocycles. The van der Waals surface area contributed by atoms with Crippen LogP contribution in [0.5, 0.6) is 5.75 Å². The quantitative estimate of drug-likeness (QED) is 0.552. The van der Waals surface area contributed by atoms with Crippen LogP contribution >= 0.6 is 0 Å². The van der Waals surface area contributed by atoms with Crippen molar-refractivity contribution in [3.05, 3.63) is 66.4 Å². The fourth-order valence-electron chi connectivity index (χ4n) is 2.96. The Balaban J connectivity index is 1.93. The molecular weight excluding hydrogens is 394 g/mol. The van der Waals surface area contributed by atoms with E-state index in [1.165, 1.54) is 4.90 Å². The SMILES string of the molecule is COC[C@H](C)Nc1nccc(N(C(=O)Nc2ccc(C)cc2)c2ccc(OC)cc2)n1. The molecule has 0 radical (unpaired) electrons. The van der Waals surface area contributed by atoms with E-state index in [9.17, 15) is 4.79 Å². The summed E-state index contributed by atoms with van der Waals surface area (Å²) in [4.78, 5) is 23.6. The van der Waals surface area contributed by atoms with Gasteiger partial charge in [0.1, 0.15) is 11.6 Å². The van der Waals surface area contributed by atoms with Crippen LogP contribution in [0.2, 0.25) is 0 Å². The summed E-state index contributed by atoms with van der Waals surface area (Å²) in [6.07, 6.45) is 1.61. The zero-order valence-electron chi connectivity index (χ0n) is 18.1. The maximum atomic E-state index is 13.3. The van der Waals surface area contributed by atoms with Gasteiger partial charge in [-0.1, -0.05) is 17.7 Å². The monoisotopic (exact) mass is 421 g/mol. The third-order valence-corrected chi connectivity index (χ3v) is 4.50. The number of ether oxygens (including phenoxy) is 2. The number of amides is 2. The van der Waals surface area contributed by atoms with Gasteiger partial charge in [-0.3, -0.25) is 0 Å². The van der Waals surface area contributed by atoms with Crippen molar-refractivity contribution in [2.24, 2.45) is 0 Å². The summed E-state index contributed by atoms with van der Waals surface area (Å²) in [5.41, 5.74) is 2.44. The highest BCUT2D eigenvalue weighted by Crippen LogP contribution is 2.27. The molecule has 1 aromatic heterocycles. The summed E-state index contributed by atoms with van der Waals surface area (Å²) in [6.45, 7) is 4.46. The average molecular weight is 422 g/mol. The van der Waals surface area contributed by atoms with Gasteiger partial charge in [0, 0.05) is 31.1 Å². The minimum atomic E-state index is -0.344. The largest absolute Gasteiger partial charge is 0.497 e. The molecule has 0 saturated carbocycles. The molecule has 2 N–H and O–H groups in total. The van der Waals surface area contributed by atoms with Gasteiger partial charge in [0.05, 0.1) is 19.4 Å². The molecule has 0 unspecified atom stereocenters. The van der Waals surface area contributed by atoms with Crippen LogP contribution < -0.4 is 20.3 Å². The normalized spacial score (nSPS) is 11.5. The van der Waals surface area contributed by atoms with E-state index in [1.54, 1.807) is 50.7 Å². The van der Waals surface area contributed by atoms with Crippen molar-refractivity contribution >= 4 is 29.2 Å². The van der Waals surface area contributed by atoms with Crippen molar-refractivity contribution in [1.29, 1.82) is 0 Å². The van der Waals surface area contributed by atoms with E-state index in [0.29, 0.717) is 35.5 Å². The number of aromatic nitrogens is 2. The lowest BCUT2D eigenvalue weighted by Crippen LogP contribution is -2.32. The Kier molecular flexibility index (Phi) is 7.40. The van der Waals surface area contributed by atoms with Gasteiger partial charge in [0.15, 0.2) is 0 Å². The van der Waals surface area contributed by atoms with Crippen molar-refractivity contribution in [2.75, 3.05) is 36.4 Å². The van der Waals surface area contributed by atoms with Crippen molar-refractivity contribution in [3.63, 3.8) is 0 Å². The van der Waals surface area contributed by atoms with Gasteiger partial charge in [-0.05, 0) is 50.2 Å². The highest BCUT2D eigenvalue weighted by Gasteiger charge is 2.21. The summed E-state index contributed by atoms with van der Waals surface area (Å²) in [5.74, 6) is 1.53. The Morgan fingerprint density at radius 1 is 1.06 bits per heavy atom. The first-order chi connectivity index (χ1) is 15.0. The summed E-state index contributed by atoms with van der Waals surface area (Å²) in [7, 11) is 3.23. The molecular formula is C23H27N5O3. The number of benzene rings is 2. The summed E-state index contributed by atoms with van der Waals surface area (Å²) < 4.78 is 10.4. The standard InChI is InChI=1S/C23H27N5O3/c1-16-5-7-18(8-6-16)26-23(29)28(19-9-11-20(31-4)12-10-19)21-13-14-24-22(27-21)25-17(2)15-30-3/h5-14,17H,15H2,1-4H3,(H,26,29)(H,24,25,27)/t17-/m0/s1. The molecule has 0 spiro atoms. The minimum Gasteiger partial charge on any atom is -0.497 e. The number of urea groups is 1. The Hall–Kier alpha value is -3.65. The Bertz CT molecular complexity index is 993. The second-order valence-corrected chi connectivity index (χ2v) is 7.07. The van der Waals surface area contributed by atoms with Crippen LogP contribution in [0.1, 0.15) is 12.5 Å². The highest BCUT2D eigenvalue weighted by molar-refractivity contribution is 6.06. The third kappa shape index (κ3) is 5.93. The van der Waals surface area contributed by atoms with Crippen molar-refractivity contribution < 1.29 is 14.3 Å². The Morgan fingerprint density at radius 2 is 1.77 bits per heavy atom. The molecule has 2 amide bonds. The van der Waals surface area contributed by atoms with Crippen LogP contribution in [0, 0.1) is 6.92 Å². The first-order valence-corrected chi connectivity index (χ1v) is 9.90. The third-order valence-electron chi connectivity index (χ3n) is 4.50. The predicted octanol–water partition coefficient (Wildman–Crippen LogP) is 4.61. The molecule has 162 valence electrons. The lowest BCUT2D eigenvalue weighted by Gasteiger charge is -2.23. The maximum Gasteiger partial charge on any atom is 0.332 e. The molecule has 1 atom stereocenters. The molecule has 1 heterocycles. The second kappa shape index (κ2) is 10.4. The van der Waals surface area contributed by atoms with Crippen molar-refractivity contribution in [2.45, 2.75) is 19.9 Å². The molecule has 2 aromatic carbocycles. The smallest absolute Gasteiger partial charge is 0.332 e. The number of methoxy groups -OCH3 is 2. The fraction of sp³-hybridized carbons (Fsp3) is 0.261. The fourth-order valence-corrected chi connectivity index (χ4v) is 2.96. The first-order valence-electron chi connectivity index (χ1n) is 9.90. The van der Waals surface area contributed by atoms with Crippen LogP contribution in [0.15, 0.2) is 60.8 Å². The van der Waals surface area contributed by atoms with Crippen LogP contribution in [0.25, 0.3) is 0 Å². The van der Waals surface area contributed by atoms with E-state index in [-0.39, 0.29) is 12.1 Å². The highest BCUT2D eigenvalue weighted by atomic mass is 16.5. The number of aryl methyl sites for hydroxylation is 1. The molecule has 8 heteroatoms. The van der Waals surface area contributed by atoms with Crippen LogP contribution in [-0.4, -0.2) is 42.9 Å². The minimum absolute atomic E-state index is 0.0103. The van der Waals surface area contributed by atoms with Gasteiger partial charge >= 0.3 is 6.03 Å². The second-order valence-electron chi connectivity index (χ2n) is 7.07. The topological polar surface area (TPSA) is 88.6 Å². The number of anilines is 4. The molecule has 31 heavy (non-hydrogen) atoms. The lowest BCUT2D eigenvalue weighted by atomic mass is 10.2. The number of hydrogen-bond donors (Lipinski definition) is 2. The van der Waals surface area contributed by atoms with Gasteiger partial charge in [0.25, 0.3) is 0 Å². The Labute approximate surface area is 182 Å². The zero-order valence-corrected chi connectivity index (χ0v) is 18.1. The van der Waals surface area contributed by atoms with E-state index in [1.807, 2.05) is 38.1 Å². The molecule has 0 fully saturated rings. The summed E-state index contributed by atoms with van der Waals surface area (Å²) in [5, 5.41) is 6.11. The van der Waals surface area contributed by atoms with E-state index >= 15 is 0 Å². The van der Waals surface area contributed by atoms with Crippen LogP contribution in [0.4, 0.5) is 27.9 Å². The van der Waals surface area contributed by atoms with Gasteiger partial charge in [0.2, 0.25) is 5.95 Å². The number of hydrogen-bond acceptors (Lipinski definition) is 6. The predicted molar refractivity (Wildman–Crippen MR) is 122 cm³/mol. The summed E-state index contributed by atoms with van der Waals surface area (Å²) in [6, 6.07) is 16.1. The lowest BCUT2D eigenvalue weighted by molar-refractivity contribution is 0.190. The molecule has 0 saturated heterocycles. The molecule has 3 aromatic rings. The maximum absolute atomic E-state index is 13.3. The molecule has 8 nitrogen and oxygen atoms in total. The molecule has 0 aliphatic rings. The van der Waals surface area contributed by atoms with Gasteiger partial charge in [-0.2, -0.15) is 4.98 Å². The summed E-state index contributed by atoms with van der Waals surface area (Å²) >= 11 is 0. The van der Waals surface area contributed by atoms with Gasteiger partial charge < -0.3 is 20.1 Å².